The summed E-state index contributed by atoms with van der Waals surface area (Å²) in [5, 5.41) is -1.64. The third-order valence-corrected chi connectivity index (χ3v) is 2.27. The Kier molecular flexibility index (Phi) is 3.85. The minimum Gasteiger partial charge on any atom is -0.297 e. The van der Waals surface area contributed by atoms with Gasteiger partial charge in [0.05, 0.1) is 0 Å². The van der Waals surface area contributed by atoms with Crippen LogP contribution in [0.4, 0.5) is 0 Å². The Morgan fingerprint density at radius 1 is 1.42 bits per heavy atom. The fourth-order valence-corrected chi connectivity index (χ4v) is 1.32. The lowest BCUT2D eigenvalue weighted by molar-refractivity contribution is -0.117. The number of rotatable bonds is 5. The largest absolute Gasteiger partial charge is 0.308 e. The zero-order valence-corrected chi connectivity index (χ0v) is 7.21. The van der Waals surface area contributed by atoms with Crippen molar-refractivity contribution in [2.24, 2.45) is 0 Å². The number of hydrogen-bond donors (Lipinski definition) is 0. The molecule has 5 heteroatoms. The fraction of sp³-hybridized carbons (Fsp3) is 0.286. The normalized spacial score (nSPS) is 13.4. The highest BCUT2D eigenvalue weighted by molar-refractivity contribution is 7.87. The minimum absolute atomic E-state index is 0.141. The molecule has 1 atom stereocenters. The summed E-state index contributed by atoms with van der Waals surface area (Å²) in [7, 11) is -4.60. The van der Waals surface area contributed by atoms with E-state index in [1.807, 2.05) is 0 Å². The highest BCUT2D eigenvalue weighted by Crippen LogP contribution is 2.05. The van der Waals surface area contributed by atoms with Gasteiger partial charge in [0.15, 0.2) is 11.0 Å². The van der Waals surface area contributed by atoms with Gasteiger partial charge in [0.2, 0.25) is 0 Å². The van der Waals surface area contributed by atoms with Crippen LogP contribution in [0.2, 0.25) is 0 Å². The lowest BCUT2D eigenvalue weighted by atomic mass is 10.2. The Morgan fingerprint density at radius 3 is 2.17 bits per heavy atom. The van der Waals surface area contributed by atoms with Crippen molar-refractivity contribution in [2.45, 2.75) is 11.7 Å². The van der Waals surface area contributed by atoms with E-state index in [0.29, 0.717) is 0 Å². The molecular weight excluding hydrogens is 180 g/mol. The van der Waals surface area contributed by atoms with Crippen molar-refractivity contribution >= 4 is 15.9 Å². The SMILES string of the molecule is C=CCC(=O)C(C=C)S([O])(=O)=O. The molecule has 4 nitrogen and oxygen atoms in total. The Morgan fingerprint density at radius 2 is 1.92 bits per heavy atom. The molecule has 0 aromatic rings. The van der Waals surface area contributed by atoms with Crippen molar-refractivity contribution in [3.8, 4) is 0 Å². The van der Waals surface area contributed by atoms with Gasteiger partial charge in [-0.05, 0) is 0 Å². The molecule has 0 aliphatic carbocycles. The Bertz CT molecular complexity index is 289. The molecule has 12 heavy (non-hydrogen) atoms. The van der Waals surface area contributed by atoms with E-state index in [1.54, 1.807) is 0 Å². The molecule has 0 saturated heterocycles. The second-order valence-corrected chi connectivity index (χ2v) is 3.60. The van der Waals surface area contributed by atoms with Crippen LogP contribution in [0.1, 0.15) is 6.42 Å². The van der Waals surface area contributed by atoms with Crippen molar-refractivity contribution < 1.29 is 17.8 Å². The first-order chi connectivity index (χ1) is 5.43. The third kappa shape index (κ3) is 2.98. The number of Topliss-reactive ketones (excluding diaryl/α,β-unsaturated/α-hetero) is 1. The molecule has 0 bridgehead atoms. The predicted molar refractivity (Wildman–Crippen MR) is 43.4 cm³/mol. The maximum absolute atomic E-state index is 10.9. The topological polar surface area (TPSA) is 71.1 Å². The summed E-state index contributed by atoms with van der Waals surface area (Å²) in [5.41, 5.74) is 0. The van der Waals surface area contributed by atoms with E-state index >= 15 is 0 Å². The van der Waals surface area contributed by atoms with Crippen LogP contribution in [0.25, 0.3) is 0 Å². The minimum atomic E-state index is -4.60. The summed E-state index contributed by atoms with van der Waals surface area (Å²) in [6.45, 7) is 6.34. The second kappa shape index (κ2) is 4.18. The molecule has 0 aliphatic heterocycles. The molecule has 0 N–H and O–H groups in total. The summed E-state index contributed by atoms with van der Waals surface area (Å²) in [6, 6.07) is 0. The number of carbonyl (C=O) groups excluding carboxylic acids is 1. The van der Waals surface area contributed by atoms with E-state index in [-0.39, 0.29) is 6.42 Å². The van der Waals surface area contributed by atoms with E-state index < -0.39 is 21.2 Å². The number of carbonyl (C=O) groups is 1. The van der Waals surface area contributed by atoms with Gasteiger partial charge in [-0.3, -0.25) is 4.79 Å². The predicted octanol–water partition coefficient (Wildman–Crippen LogP) is 0.446. The van der Waals surface area contributed by atoms with E-state index in [1.165, 1.54) is 6.08 Å². The highest BCUT2D eigenvalue weighted by atomic mass is 32.2. The Balaban J connectivity index is 4.69. The van der Waals surface area contributed by atoms with E-state index in [2.05, 4.69) is 13.2 Å². The van der Waals surface area contributed by atoms with Crippen molar-refractivity contribution in [3.63, 3.8) is 0 Å². The van der Waals surface area contributed by atoms with Crippen molar-refractivity contribution in [1.82, 2.24) is 0 Å². The smallest absolute Gasteiger partial charge is 0.297 e. The summed E-state index contributed by atoms with van der Waals surface area (Å²) in [4.78, 5) is 10.9. The average molecular weight is 189 g/mol. The standard InChI is InChI=1S/C7H9O4S/c1-3-5-6(8)7(4-2)12(9,10)11/h3-4,7H,1-2,5H2. The van der Waals surface area contributed by atoms with Crippen LogP contribution in [0, 0.1) is 0 Å². The summed E-state index contributed by atoms with van der Waals surface area (Å²) in [6.07, 6.45) is 1.93. The molecule has 0 heterocycles. The van der Waals surface area contributed by atoms with Gasteiger partial charge < -0.3 is 0 Å². The van der Waals surface area contributed by atoms with Gasteiger partial charge in [0.25, 0.3) is 0 Å². The van der Waals surface area contributed by atoms with E-state index in [9.17, 15) is 17.8 Å². The molecule has 0 aromatic heterocycles. The van der Waals surface area contributed by atoms with Crippen LogP contribution in [-0.2, 0) is 19.5 Å². The Labute approximate surface area is 71.3 Å². The summed E-state index contributed by atoms with van der Waals surface area (Å²) in [5.74, 6) is -0.699. The monoisotopic (exact) mass is 189 g/mol. The number of allylic oxidation sites excluding steroid dienone is 1. The zero-order chi connectivity index (χ0) is 9.78. The first-order valence-electron chi connectivity index (χ1n) is 3.14. The van der Waals surface area contributed by atoms with Gasteiger partial charge in [0.1, 0.15) is 0 Å². The molecule has 0 saturated carbocycles. The third-order valence-electron chi connectivity index (χ3n) is 1.19. The molecule has 67 valence electrons. The second-order valence-electron chi connectivity index (χ2n) is 2.11. The van der Waals surface area contributed by atoms with Gasteiger partial charge >= 0.3 is 10.1 Å². The first kappa shape index (κ1) is 11.1. The van der Waals surface area contributed by atoms with E-state index in [0.717, 1.165) is 6.08 Å². The quantitative estimate of drug-likeness (QED) is 0.589. The summed E-state index contributed by atoms with van der Waals surface area (Å²) < 4.78 is 31.2. The maximum Gasteiger partial charge on any atom is 0.308 e. The van der Waals surface area contributed by atoms with Gasteiger partial charge in [-0.2, -0.15) is 8.42 Å². The van der Waals surface area contributed by atoms with Gasteiger partial charge in [-0.15, -0.1) is 13.2 Å². The molecule has 0 aliphatic rings. The van der Waals surface area contributed by atoms with Crippen molar-refractivity contribution in [2.75, 3.05) is 0 Å². The molecule has 0 aromatic carbocycles. The van der Waals surface area contributed by atoms with Crippen LogP contribution in [-0.4, -0.2) is 19.5 Å². The molecule has 0 fully saturated rings. The molecule has 0 amide bonds. The highest BCUT2D eigenvalue weighted by Gasteiger charge is 2.27. The van der Waals surface area contributed by atoms with Gasteiger partial charge in [-0.25, -0.2) is 0 Å². The molecule has 1 radical (unpaired) electrons. The van der Waals surface area contributed by atoms with Crippen LogP contribution in [0.5, 0.6) is 0 Å². The average Bonchev–Trinajstić information content (AvgIpc) is 1.85. The van der Waals surface area contributed by atoms with Crippen LogP contribution in [0.3, 0.4) is 0 Å². The van der Waals surface area contributed by atoms with Gasteiger partial charge in [-0.1, -0.05) is 16.7 Å². The Hall–Kier alpha value is -0.940. The maximum atomic E-state index is 10.9. The molecular formula is C7H9O4S. The lowest BCUT2D eigenvalue weighted by Crippen LogP contribution is -2.26. The molecule has 0 rings (SSSR count). The lowest BCUT2D eigenvalue weighted by Gasteiger charge is -2.03. The molecule has 1 unspecified atom stereocenters. The van der Waals surface area contributed by atoms with E-state index in [4.69, 9.17) is 0 Å². The summed E-state index contributed by atoms with van der Waals surface area (Å²) >= 11 is 0. The van der Waals surface area contributed by atoms with Crippen LogP contribution >= 0.6 is 0 Å². The van der Waals surface area contributed by atoms with Crippen LogP contribution in [0.15, 0.2) is 25.3 Å². The fourth-order valence-electron chi connectivity index (χ4n) is 0.669. The van der Waals surface area contributed by atoms with Crippen molar-refractivity contribution in [3.05, 3.63) is 25.3 Å². The number of hydrogen-bond acceptors (Lipinski definition) is 3. The number of ketones is 1. The van der Waals surface area contributed by atoms with Crippen LogP contribution < -0.4 is 0 Å². The zero-order valence-electron chi connectivity index (χ0n) is 6.39. The molecule has 0 spiro atoms. The van der Waals surface area contributed by atoms with Gasteiger partial charge in [0, 0.05) is 6.42 Å². The van der Waals surface area contributed by atoms with Crippen molar-refractivity contribution in [1.29, 1.82) is 0 Å². The first-order valence-corrected chi connectivity index (χ1v) is 4.61.